The molecule has 0 saturated heterocycles. The third-order valence-electron chi connectivity index (χ3n) is 3.00. The Kier molecular flexibility index (Phi) is 4.31. The first-order valence-corrected chi connectivity index (χ1v) is 6.79. The van der Waals surface area contributed by atoms with Crippen molar-refractivity contribution < 1.29 is 9.47 Å². The molecular formula is C11H19N3O2S. The molecule has 5 nitrogen and oxygen atoms in total. The molecule has 0 bridgehead atoms. The number of aromatic nitrogens is 2. The molecule has 0 radical (unpaired) electrons. The number of aryl methyl sites for hydroxylation is 1. The molecule has 1 saturated carbocycles. The molecule has 0 aromatic carbocycles. The van der Waals surface area contributed by atoms with E-state index in [1.165, 1.54) is 11.5 Å². The normalized spacial score (nSPS) is 27.8. The molecular weight excluding hydrogens is 238 g/mol. The fraction of sp³-hybridized carbons (Fsp3) is 0.818. The molecule has 0 amide bonds. The average molecular weight is 257 g/mol. The first kappa shape index (κ1) is 12.7. The van der Waals surface area contributed by atoms with Gasteiger partial charge < -0.3 is 14.8 Å². The van der Waals surface area contributed by atoms with Crippen LogP contribution in [0.15, 0.2) is 0 Å². The number of nitrogens with one attached hydrogen (secondary N) is 1. The van der Waals surface area contributed by atoms with Crippen molar-refractivity contribution in [2.24, 2.45) is 0 Å². The molecule has 1 aliphatic carbocycles. The molecule has 0 aliphatic heterocycles. The standard InChI is InChI=1S/C11H19N3O2S/c1-4-9-13-11(17-14-9)12-7-6-8(16-5-2)10(7)15-3/h7-8,10H,4-6H2,1-3H3,(H,12,13,14)/t7-,8-,10-/m1/s1. The Labute approximate surface area is 106 Å². The van der Waals surface area contributed by atoms with Crippen molar-refractivity contribution in [2.45, 2.75) is 44.9 Å². The van der Waals surface area contributed by atoms with Gasteiger partial charge in [-0.1, -0.05) is 6.92 Å². The third-order valence-corrected chi connectivity index (χ3v) is 3.68. The second-order valence-corrected chi connectivity index (χ2v) is 4.80. The van der Waals surface area contributed by atoms with Crippen LogP contribution in [0, 0.1) is 0 Å². The van der Waals surface area contributed by atoms with Crippen LogP contribution in [0.4, 0.5) is 5.13 Å². The largest absolute Gasteiger partial charge is 0.377 e. The summed E-state index contributed by atoms with van der Waals surface area (Å²) >= 11 is 1.41. The zero-order chi connectivity index (χ0) is 12.3. The Balaban J connectivity index is 1.87. The topological polar surface area (TPSA) is 56.3 Å². The monoisotopic (exact) mass is 257 g/mol. The predicted octanol–water partition coefficient (Wildman–Crippen LogP) is 1.70. The number of anilines is 1. The highest BCUT2D eigenvalue weighted by Crippen LogP contribution is 2.30. The highest BCUT2D eigenvalue weighted by Gasteiger charge is 2.42. The van der Waals surface area contributed by atoms with E-state index >= 15 is 0 Å². The van der Waals surface area contributed by atoms with Gasteiger partial charge in [0.25, 0.3) is 0 Å². The SMILES string of the molecule is CCO[C@@H]1C[C@@H](Nc2nc(CC)ns2)[C@H]1OC. The van der Waals surface area contributed by atoms with Gasteiger partial charge in [-0.05, 0) is 13.3 Å². The highest BCUT2D eigenvalue weighted by molar-refractivity contribution is 7.09. The molecule has 96 valence electrons. The van der Waals surface area contributed by atoms with E-state index in [-0.39, 0.29) is 18.2 Å². The average Bonchev–Trinajstić information content (AvgIpc) is 2.76. The maximum absolute atomic E-state index is 5.58. The van der Waals surface area contributed by atoms with Gasteiger partial charge in [0, 0.05) is 31.7 Å². The summed E-state index contributed by atoms with van der Waals surface area (Å²) in [5.74, 6) is 0.896. The van der Waals surface area contributed by atoms with Gasteiger partial charge in [0.2, 0.25) is 5.13 Å². The lowest BCUT2D eigenvalue weighted by Crippen LogP contribution is -2.56. The van der Waals surface area contributed by atoms with E-state index in [1.807, 2.05) is 6.92 Å². The quantitative estimate of drug-likeness (QED) is 0.840. The van der Waals surface area contributed by atoms with Crippen LogP contribution in [0.25, 0.3) is 0 Å². The van der Waals surface area contributed by atoms with E-state index < -0.39 is 0 Å². The summed E-state index contributed by atoms with van der Waals surface area (Å²) in [6, 6.07) is 0.286. The zero-order valence-electron chi connectivity index (χ0n) is 10.5. The van der Waals surface area contributed by atoms with E-state index in [9.17, 15) is 0 Å². The number of hydrogen-bond acceptors (Lipinski definition) is 6. The van der Waals surface area contributed by atoms with Crippen LogP contribution >= 0.6 is 11.5 Å². The molecule has 1 aromatic rings. The maximum atomic E-state index is 5.58. The van der Waals surface area contributed by atoms with E-state index in [1.54, 1.807) is 7.11 Å². The number of rotatable bonds is 6. The first-order chi connectivity index (χ1) is 8.28. The van der Waals surface area contributed by atoms with Gasteiger partial charge >= 0.3 is 0 Å². The number of methoxy groups -OCH3 is 1. The molecule has 3 atom stereocenters. The van der Waals surface area contributed by atoms with Crippen LogP contribution in [-0.2, 0) is 15.9 Å². The summed E-state index contributed by atoms with van der Waals surface area (Å²) in [5, 5.41) is 4.24. The van der Waals surface area contributed by atoms with Crippen molar-refractivity contribution in [3.63, 3.8) is 0 Å². The van der Waals surface area contributed by atoms with E-state index in [4.69, 9.17) is 9.47 Å². The Bertz CT molecular complexity index is 358. The van der Waals surface area contributed by atoms with Crippen LogP contribution in [0.5, 0.6) is 0 Å². The van der Waals surface area contributed by atoms with Crippen LogP contribution < -0.4 is 5.32 Å². The van der Waals surface area contributed by atoms with Gasteiger partial charge in [0.05, 0.1) is 12.1 Å². The van der Waals surface area contributed by atoms with Gasteiger partial charge in [-0.25, -0.2) is 4.98 Å². The molecule has 2 rings (SSSR count). The van der Waals surface area contributed by atoms with Crippen LogP contribution in [0.3, 0.4) is 0 Å². The lowest BCUT2D eigenvalue weighted by molar-refractivity contribution is -0.118. The van der Waals surface area contributed by atoms with Crippen molar-refractivity contribution in [1.82, 2.24) is 9.36 Å². The van der Waals surface area contributed by atoms with Crippen molar-refractivity contribution in [2.75, 3.05) is 19.0 Å². The van der Waals surface area contributed by atoms with Gasteiger partial charge in [-0.15, -0.1) is 0 Å². The molecule has 1 N–H and O–H groups in total. The van der Waals surface area contributed by atoms with E-state index in [0.29, 0.717) is 0 Å². The minimum absolute atomic E-state index is 0.115. The molecule has 1 aliphatic rings. The zero-order valence-corrected chi connectivity index (χ0v) is 11.3. The maximum Gasteiger partial charge on any atom is 0.202 e. The summed E-state index contributed by atoms with van der Waals surface area (Å²) in [4.78, 5) is 4.39. The highest BCUT2D eigenvalue weighted by atomic mass is 32.1. The van der Waals surface area contributed by atoms with Gasteiger partial charge in [-0.2, -0.15) is 4.37 Å². The molecule has 1 fully saturated rings. The second-order valence-electron chi connectivity index (χ2n) is 4.05. The Morgan fingerprint density at radius 1 is 1.47 bits per heavy atom. The second kappa shape index (κ2) is 5.75. The molecule has 1 aromatic heterocycles. The van der Waals surface area contributed by atoms with Crippen LogP contribution in [-0.4, -0.2) is 41.3 Å². The van der Waals surface area contributed by atoms with Gasteiger partial charge in [0.1, 0.15) is 11.9 Å². The van der Waals surface area contributed by atoms with Crippen LogP contribution in [0.1, 0.15) is 26.1 Å². The smallest absolute Gasteiger partial charge is 0.202 e. The minimum atomic E-state index is 0.115. The molecule has 17 heavy (non-hydrogen) atoms. The predicted molar refractivity (Wildman–Crippen MR) is 67.5 cm³/mol. The number of ether oxygens (including phenoxy) is 2. The van der Waals surface area contributed by atoms with E-state index in [0.717, 1.165) is 30.4 Å². The Hall–Kier alpha value is -0.720. The minimum Gasteiger partial charge on any atom is -0.377 e. The lowest BCUT2D eigenvalue weighted by Gasteiger charge is -2.43. The summed E-state index contributed by atoms with van der Waals surface area (Å²) in [7, 11) is 1.72. The fourth-order valence-electron chi connectivity index (χ4n) is 2.03. The lowest BCUT2D eigenvalue weighted by atomic mass is 9.85. The first-order valence-electron chi connectivity index (χ1n) is 6.02. The summed E-state index contributed by atoms with van der Waals surface area (Å²) in [6.07, 6.45) is 2.16. The molecule has 1 heterocycles. The van der Waals surface area contributed by atoms with Gasteiger partial charge in [-0.3, -0.25) is 0 Å². The van der Waals surface area contributed by atoms with Crippen molar-refractivity contribution in [3.05, 3.63) is 5.82 Å². The molecule has 6 heteroatoms. The van der Waals surface area contributed by atoms with Crippen molar-refractivity contribution in [3.8, 4) is 0 Å². The van der Waals surface area contributed by atoms with E-state index in [2.05, 4.69) is 21.6 Å². The van der Waals surface area contributed by atoms with Crippen molar-refractivity contribution in [1.29, 1.82) is 0 Å². The summed E-state index contributed by atoms with van der Waals surface area (Å²) in [6.45, 7) is 4.79. The Morgan fingerprint density at radius 3 is 2.88 bits per heavy atom. The summed E-state index contributed by atoms with van der Waals surface area (Å²) < 4.78 is 15.3. The summed E-state index contributed by atoms with van der Waals surface area (Å²) in [5.41, 5.74) is 0. The van der Waals surface area contributed by atoms with Gasteiger partial charge in [0.15, 0.2) is 0 Å². The molecule has 0 spiro atoms. The molecule has 0 unspecified atom stereocenters. The number of nitrogens with zero attached hydrogens (tertiary/aromatic N) is 2. The van der Waals surface area contributed by atoms with Crippen LogP contribution in [0.2, 0.25) is 0 Å². The number of hydrogen-bond donors (Lipinski definition) is 1. The Morgan fingerprint density at radius 2 is 2.29 bits per heavy atom. The fourth-order valence-corrected chi connectivity index (χ4v) is 2.74. The third kappa shape index (κ3) is 2.75. The van der Waals surface area contributed by atoms with Crippen molar-refractivity contribution >= 4 is 16.7 Å².